The van der Waals surface area contributed by atoms with Gasteiger partial charge in [-0.15, -0.1) is 0 Å². The number of benzene rings is 1. The van der Waals surface area contributed by atoms with Gasteiger partial charge >= 0.3 is 0 Å². The van der Waals surface area contributed by atoms with Gasteiger partial charge in [-0.05, 0) is 75.0 Å². The minimum Gasteiger partial charge on any atom is -0.508 e. The molecule has 0 saturated carbocycles. The fourth-order valence-corrected chi connectivity index (χ4v) is 4.17. The Balaban J connectivity index is 0.000000924. The van der Waals surface area contributed by atoms with Crippen molar-refractivity contribution in [1.82, 2.24) is 0 Å². The van der Waals surface area contributed by atoms with Crippen molar-refractivity contribution in [3.8, 4) is 5.75 Å². The Bertz CT molecular complexity index is 539. The highest BCUT2D eigenvalue weighted by molar-refractivity contribution is 5.32. The number of phenols is 1. The van der Waals surface area contributed by atoms with Crippen LogP contribution >= 0.6 is 0 Å². The SMILES string of the molecule is CC.CC1CCCC2=C1CC(C(C)(O)c1ccc(O)cc1)CC2. The van der Waals surface area contributed by atoms with Crippen molar-refractivity contribution in [2.75, 3.05) is 0 Å². The van der Waals surface area contributed by atoms with E-state index in [1.807, 2.05) is 32.9 Å². The van der Waals surface area contributed by atoms with Crippen molar-refractivity contribution in [2.24, 2.45) is 11.8 Å². The first-order valence-corrected chi connectivity index (χ1v) is 9.21. The fourth-order valence-electron chi connectivity index (χ4n) is 4.17. The quantitative estimate of drug-likeness (QED) is 0.703. The summed E-state index contributed by atoms with van der Waals surface area (Å²) in [5.74, 6) is 1.22. The molecule has 1 aromatic rings. The van der Waals surface area contributed by atoms with E-state index >= 15 is 0 Å². The van der Waals surface area contributed by atoms with Gasteiger partial charge in [0.1, 0.15) is 5.75 Å². The monoisotopic (exact) mass is 316 g/mol. The molecular formula is C21H32O2. The molecule has 128 valence electrons. The highest BCUT2D eigenvalue weighted by atomic mass is 16.3. The lowest BCUT2D eigenvalue weighted by Gasteiger charge is -2.40. The van der Waals surface area contributed by atoms with Crippen LogP contribution in [0.2, 0.25) is 0 Å². The molecule has 2 heteroatoms. The molecule has 0 heterocycles. The molecule has 2 aliphatic rings. The Labute approximate surface area is 141 Å². The van der Waals surface area contributed by atoms with Crippen molar-refractivity contribution >= 4 is 0 Å². The summed E-state index contributed by atoms with van der Waals surface area (Å²) >= 11 is 0. The molecule has 0 radical (unpaired) electrons. The van der Waals surface area contributed by atoms with E-state index in [0.29, 0.717) is 5.92 Å². The average molecular weight is 316 g/mol. The number of phenolic OH excluding ortho intramolecular Hbond substituents is 1. The maximum Gasteiger partial charge on any atom is 0.115 e. The van der Waals surface area contributed by atoms with Crippen LogP contribution in [0.15, 0.2) is 35.4 Å². The molecule has 2 N–H and O–H groups in total. The van der Waals surface area contributed by atoms with Crippen LogP contribution < -0.4 is 0 Å². The summed E-state index contributed by atoms with van der Waals surface area (Å²) in [6.45, 7) is 8.27. The second-order valence-corrected chi connectivity index (χ2v) is 7.06. The van der Waals surface area contributed by atoms with E-state index in [1.165, 1.54) is 19.3 Å². The van der Waals surface area contributed by atoms with Crippen molar-refractivity contribution < 1.29 is 10.2 Å². The molecule has 0 saturated heterocycles. The third-order valence-corrected chi connectivity index (χ3v) is 5.67. The Kier molecular flexibility index (Phi) is 5.91. The zero-order valence-corrected chi connectivity index (χ0v) is 15.1. The van der Waals surface area contributed by atoms with Crippen molar-refractivity contribution in [2.45, 2.75) is 71.8 Å². The largest absolute Gasteiger partial charge is 0.508 e. The van der Waals surface area contributed by atoms with Gasteiger partial charge in [-0.1, -0.05) is 44.1 Å². The number of aromatic hydroxyl groups is 1. The smallest absolute Gasteiger partial charge is 0.115 e. The third-order valence-electron chi connectivity index (χ3n) is 5.67. The molecule has 2 nitrogen and oxygen atoms in total. The lowest BCUT2D eigenvalue weighted by molar-refractivity contribution is -0.0135. The zero-order chi connectivity index (χ0) is 17.0. The Morgan fingerprint density at radius 2 is 1.70 bits per heavy atom. The van der Waals surface area contributed by atoms with Crippen molar-refractivity contribution in [1.29, 1.82) is 0 Å². The zero-order valence-electron chi connectivity index (χ0n) is 15.1. The summed E-state index contributed by atoms with van der Waals surface area (Å²) in [5, 5.41) is 20.5. The Morgan fingerprint density at radius 1 is 1.04 bits per heavy atom. The average Bonchev–Trinajstić information content (AvgIpc) is 2.57. The van der Waals surface area contributed by atoms with Gasteiger partial charge in [0.05, 0.1) is 5.60 Å². The predicted molar refractivity (Wildman–Crippen MR) is 96.4 cm³/mol. The first-order chi connectivity index (χ1) is 11.0. The van der Waals surface area contributed by atoms with E-state index in [1.54, 1.807) is 23.3 Å². The number of rotatable bonds is 2. The van der Waals surface area contributed by atoms with E-state index in [9.17, 15) is 10.2 Å². The second kappa shape index (κ2) is 7.53. The van der Waals surface area contributed by atoms with E-state index in [4.69, 9.17) is 0 Å². The summed E-state index contributed by atoms with van der Waals surface area (Å²) in [4.78, 5) is 0. The second-order valence-electron chi connectivity index (χ2n) is 7.06. The molecule has 0 aliphatic heterocycles. The minimum absolute atomic E-state index is 0.254. The summed E-state index contributed by atoms with van der Waals surface area (Å²) in [6.07, 6.45) is 7.15. The highest BCUT2D eigenvalue weighted by Gasteiger charge is 2.38. The van der Waals surface area contributed by atoms with Crippen LogP contribution in [0.4, 0.5) is 0 Å². The predicted octanol–water partition coefficient (Wildman–Crippen LogP) is 5.54. The van der Waals surface area contributed by atoms with Crippen LogP contribution in [-0.4, -0.2) is 10.2 Å². The van der Waals surface area contributed by atoms with Crippen LogP contribution in [-0.2, 0) is 5.60 Å². The first kappa shape index (κ1) is 18.1. The normalized spacial score (nSPS) is 26.7. The lowest BCUT2D eigenvalue weighted by Crippen LogP contribution is -2.35. The third kappa shape index (κ3) is 3.80. The molecule has 0 bridgehead atoms. The molecule has 0 fully saturated rings. The van der Waals surface area contributed by atoms with Crippen LogP contribution in [0.5, 0.6) is 5.75 Å². The van der Waals surface area contributed by atoms with Gasteiger partial charge in [0.25, 0.3) is 0 Å². The minimum atomic E-state index is -0.816. The standard InChI is InChI=1S/C19H26O2.C2H6/c1-13-4-3-5-14-6-7-16(12-18(13)14)19(2,21)15-8-10-17(20)11-9-15;1-2/h8-11,13,16,20-21H,3-7,12H2,1-2H3;1-2H3. The van der Waals surface area contributed by atoms with E-state index in [-0.39, 0.29) is 11.7 Å². The summed E-state index contributed by atoms with van der Waals surface area (Å²) in [5.41, 5.74) is 3.39. The van der Waals surface area contributed by atoms with Crippen molar-refractivity contribution in [3.05, 3.63) is 41.0 Å². The van der Waals surface area contributed by atoms with Crippen LogP contribution in [0.3, 0.4) is 0 Å². The van der Waals surface area contributed by atoms with E-state index < -0.39 is 5.60 Å². The van der Waals surface area contributed by atoms with Crippen LogP contribution in [0.25, 0.3) is 0 Å². The van der Waals surface area contributed by atoms with Crippen LogP contribution in [0, 0.1) is 11.8 Å². The summed E-state index contributed by atoms with van der Waals surface area (Å²) in [6, 6.07) is 7.04. The number of hydrogen-bond acceptors (Lipinski definition) is 2. The topological polar surface area (TPSA) is 40.5 Å². The van der Waals surface area contributed by atoms with Gasteiger partial charge in [-0.2, -0.15) is 0 Å². The molecular weight excluding hydrogens is 284 g/mol. The molecule has 3 atom stereocenters. The highest BCUT2D eigenvalue weighted by Crippen LogP contribution is 2.46. The van der Waals surface area contributed by atoms with Gasteiger partial charge in [0.2, 0.25) is 0 Å². The van der Waals surface area contributed by atoms with Gasteiger partial charge in [-0.25, -0.2) is 0 Å². The summed E-state index contributed by atoms with van der Waals surface area (Å²) < 4.78 is 0. The molecule has 0 aromatic heterocycles. The van der Waals surface area contributed by atoms with Crippen molar-refractivity contribution in [3.63, 3.8) is 0 Å². The van der Waals surface area contributed by atoms with E-state index in [2.05, 4.69) is 6.92 Å². The first-order valence-electron chi connectivity index (χ1n) is 9.21. The molecule has 3 rings (SSSR count). The number of aliphatic hydroxyl groups is 1. The molecule has 3 unspecified atom stereocenters. The number of allylic oxidation sites excluding steroid dienone is 2. The maximum atomic E-state index is 11.1. The molecule has 0 spiro atoms. The molecule has 23 heavy (non-hydrogen) atoms. The van der Waals surface area contributed by atoms with Gasteiger partial charge in [-0.3, -0.25) is 0 Å². The van der Waals surface area contributed by atoms with Gasteiger partial charge in [0, 0.05) is 0 Å². The van der Waals surface area contributed by atoms with E-state index in [0.717, 1.165) is 24.8 Å². The maximum absolute atomic E-state index is 11.1. The van der Waals surface area contributed by atoms with Gasteiger partial charge < -0.3 is 10.2 Å². The number of hydrogen-bond donors (Lipinski definition) is 2. The summed E-state index contributed by atoms with van der Waals surface area (Å²) in [7, 11) is 0. The molecule has 1 aromatic carbocycles. The lowest BCUT2D eigenvalue weighted by atomic mass is 9.67. The fraction of sp³-hybridized carbons (Fsp3) is 0.619. The Morgan fingerprint density at radius 3 is 2.35 bits per heavy atom. The Hall–Kier alpha value is -1.28. The molecule has 2 aliphatic carbocycles. The van der Waals surface area contributed by atoms with Crippen LogP contribution in [0.1, 0.15) is 71.8 Å². The molecule has 0 amide bonds. The van der Waals surface area contributed by atoms with Gasteiger partial charge in [0.15, 0.2) is 0 Å².